The lowest BCUT2D eigenvalue weighted by Crippen LogP contribution is -2.37. The van der Waals surface area contributed by atoms with Gasteiger partial charge in [0.15, 0.2) is 5.82 Å². The van der Waals surface area contributed by atoms with Crippen molar-refractivity contribution in [2.45, 2.75) is 65.3 Å². The van der Waals surface area contributed by atoms with Crippen molar-refractivity contribution in [2.75, 3.05) is 13.2 Å². The number of ether oxygens (including phenoxy) is 1. The van der Waals surface area contributed by atoms with E-state index in [4.69, 9.17) is 4.74 Å². The van der Waals surface area contributed by atoms with E-state index in [1.807, 2.05) is 35.9 Å². The summed E-state index contributed by atoms with van der Waals surface area (Å²) in [4.78, 5) is 18.6. The van der Waals surface area contributed by atoms with Gasteiger partial charge in [0.1, 0.15) is 0 Å². The minimum Gasteiger partial charge on any atom is -0.377 e. The van der Waals surface area contributed by atoms with Crippen LogP contribution in [-0.2, 0) is 17.8 Å². The Bertz CT molecular complexity index is 1370. The maximum Gasteiger partial charge on any atom is 0.252 e. The summed E-state index contributed by atoms with van der Waals surface area (Å²) in [5.41, 5.74) is 5.00. The molecule has 1 saturated heterocycles. The molecule has 8 nitrogen and oxygen atoms in total. The quantitative estimate of drug-likeness (QED) is 0.379. The molecule has 1 N–H and O–H groups in total. The first kappa shape index (κ1) is 24.3. The number of rotatable bonds is 9. The van der Waals surface area contributed by atoms with Crippen LogP contribution in [0.25, 0.3) is 10.9 Å². The molecule has 0 radical (unpaired) electrons. The van der Waals surface area contributed by atoms with Gasteiger partial charge in [-0.25, -0.2) is 4.68 Å². The summed E-state index contributed by atoms with van der Waals surface area (Å²) in [5, 5.41) is 13.8. The van der Waals surface area contributed by atoms with Crippen LogP contribution < -0.4 is 5.56 Å². The van der Waals surface area contributed by atoms with Crippen molar-refractivity contribution in [1.82, 2.24) is 30.1 Å². The Morgan fingerprint density at radius 1 is 1.19 bits per heavy atom. The Labute approximate surface area is 211 Å². The van der Waals surface area contributed by atoms with Crippen LogP contribution in [0.1, 0.15) is 60.3 Å². The van der Waals surface area contributed by atoms with Gasteiger partial charge < -0.3 is 9.72 Å². The summed E-state index contributed by atoms with van der Waals surface area (Å²) in [5.74, 6) is 0.809. The molecule has 8 heteroatoms. The van der Waals surface area contributed by atoms with Crippen molar-refractivity contribution in [2.24, 2.45) is 0 Å². The van der Waals surface area contributed by atoms with Gasteiger partial charge in [-0.3, -0.25) is 9.69 Å². The van der Waals surface area contributed by atoms with Gasteiger partial charge in [-0.2, -0.15) is 0 Å². The third kappa shape index (κ3) is 5.24. The molecule has 36 heavy (non-hydrogen) atoms. The van der Waals surface area contributed by atoms with Crippen molar-refractivity contribution >= 4 is 10.9 Å². The highest BCUT2D eigenvalue weighted by Gasteiger charge is 2.29. The topological polar surface area (TPSA) is 88.9 Å². The van der Waals surface area contributed by atoms with E-state index in [1.54, 1.807) is 0 Å². The zero-order valence-corrected chi connectivity index (χ0v) is 21.3. The Hall–Kier alpha value is -3.36. The minimum atomic E-state index is -0.0535. The Kier molecular flexibility index (Phi) is 7.25. The van der Waals surface area contributed by atoms with Crippen molar-refractivity contribution in [3.8, 4) is 0 Å². The second-order valence-electron chi connectivity index (χ2n) is 9.84. The van der Waals surface area contributed by atoms with E-state index in [0.29, 0.717) is 13.1 Å². The molecule has 2 atom stereocenters. The van der Waals surface area contributed by atoms with Crippen LogP contribution >= 0.6 is 0 Å². The molecule has 0 spiro atoms. The number of tetrazole rings is 1. The summed E-state index contributed by atoms with van der Waals surface area (Å²) in [7, 11) is 0. The highest BCUT2D eigenvalue weighted by atomic mass is 16.5. The van der Waals surface area contributed by atoms with E-state index >= 15 is 0 Å². The molecule has 0 aliphatic carbocycles. The number of aryl methyl sites for hydroxylation is 2. The SMILES string of the molecule is CC[C@@H](c1nnnn1Cc1ccccc1)N(Cc1cc2cc(C)cc(C)c2[nH]c1=O)C[C@H]1CCCO1. The summed E-state index contributed by atoms with van der Waals surface area (Å²) in [6.07, 6.45) is 3.04. The van der Waals surface area contributed by atoms with Crippen LogP contribution in [0.5, 0.6) is 0 Å². The fraction of sp³-hybridized carbons (Fsp3) is 0.429. The number of fused-ring (bicyclic) bond motifs is 1. The van der Waals surface area contributed by atoms with Crippen LogP contribution in [0.4, 0.5) is 0 Å². The van der Waals surface area contributed by atoms with Gasteiger partial charge in [0.2, 0.25) is 0 Å². The van der Waals surface area contributed by atoms with E-state index in [-0.39, 0.29) is 17.7 Å². The molecule has 1 aliphatic heterocycles. The van der Waals surface area contributed by atoms with Crippen LogP contribution in [0.2, 0.25) is 0 Å². The number of hydrogen-bond acceptors (Lipinski definition) is 6. The zero-order valence-electron chi connectivity index (χ0n) is 21.3. The van der Waals surface area contributed by atoms with Gasteiger partial charge in [0.25, 0.3) is 5.56 Å². The van der Waals surface area contributed by atoms with Gasteiger partial charge in [-0.1, -0.05) is 48.9 Å². The first-order chi connectivity index (χ1) is 17.5. The second kappa shape index (κ2) is 10.7. The number of pyridine rings is 1. The molecule has 188 valence electrons. The van der Waals surface area contributed by atoms with E-state index in [1.165, 1.54) is 5.56 Å². The van der Waals surface area contributed by atoms with Crippen molar-refractivity contribution in [3.63, 3.8) is 0 Å². The molecular formula is C28H34N6O2. The standard InChI is InChI=1S/C28H34N6O2/c1-4-25(27-30-31-32-34(27)16-21-9-6-5-7-10-21)33(18-24-11-8-12-36-24)17-23-15-22-14-19(2)13-20(3)26(22)29-28(23)35/h5-7,9-10,13-15,24-25H,4,8,11-12,16-18H2,1-3H3,(H,29,35)/t24-,25+/m1/s1. The third-order valence-electron chi connectivity index (χ3n) is 7.07. The highest BCUT2D eigenvalue weighted by molar-refractivity contribution is 5.82. The molecule has 2 aromatic heterocycles. The number of aromatic amines is 1. The van der Waals surface area contributed by atoms with Crippen molar-refractivity contribution < 1.29 is 4.74 Å². The average Bonchev–Trinajstić information content (AvgIpc) is 3.54. The molecule has 0 saturated carbocycles. The first-order valence-electron chi connectivity index (χ1n) is 12.8. The van der Waals surface area contributed by atoms with Gasteiger partial charge in [-0.15, -0.1) is 5.10 Å². The van der Waals surface area contributed by atoms with Crippen LogP contribution in [0.3, 0.4) is 0 Å². The van der Waals surface area contributed by atoms with Crippen molar-refractivity contribution in [1.29, 1.82) is 0 Å². The molecule has 2 aromatic carbocycles. The van der Waals surface area contributed by atoms with Crippen LogP contribution in [0, 0.1) is 13.8 Å². The Morgan fingerprint density at radius 3 is 2.78 bits per heavy atom. The van der Waals surface area contributed by atoms with E-state index in [9.17, 15) is 4.79 Å². The Morgan fingerprint density at radius 2 is 2.03 bits per heavy atom. The van der Waals surface area contributed by atoms with E-state index in [2.05, 4.69) is 63.5 Å². The number of nitrogens with zero attached hydrogens (tertiary/aromatic N) is 5. The van der Waals surface area contributed by atoms with Gasteiger partial charge >= 0.3 is 0 Å². The second-order valence-corrected chi connectivity index (χ2v) is 9.84. The van der Waals surface area contributed by atoms with Gasteiger partial charge in [0.05, 0.1) is 24.2 Å². The summed E-state index contributed by atoms with van der Waals surface area (Å²) in [6, 6.07) is 16.4. The molecule has 4 aromatic rings. The monoisotopic (exact) mass is 486 g/mol. The third-order valence-corrected chi connectivity index (χ3v) is 7.07. The molecule has 3 heterocycles. The normalized spacial score (nSPS) is 16.7. The minimum absolute atomic E-state index is 0.0504. The zero-order chi connectivity index (χ0) is 25.1. The van der Waals surface area contributed by atoms with E-state index < -0.39 is 0 Å². The summed E-state index contributed by atoms with van der Waals surface area (Å²) < 4.78 is 7.88. The fourth-order valence-electron chi connectivity index (χ4n) is 5.34. The maximum absolute atomic E-state index is 13.2. The lowest BCUT2D eigenvalue weighted by atomic mass is 10.0. The largest absolute Gasteiger partial charge is 0.377 e. The number of benzene rings is 2. The molecule has 1 fully saturated rings. The molecule has 5 rings (SSSR count). The van der Waals surface area contributed by atoms with Gasteiger partial charge in [0, 0.05) is 25.3 Å². The molecule has 0 amide bonds. The van der Waals surface area contributed by atoms with Crippen LogP contribution in [-0.4, -0.2) is 49.3 Å². The van der Waals surface area contributed by atoms with Crippen molar-refractivity contribution in [3.05, 3.63) is 87.0 Å². The molecule has 0 bridgehead atoms. The highest BCUT2D eigenvalue weighted by Crippen LogP contribution is 2.27. The lowest BCUT2D eigenvalue weighted by Gasteiger charge is -2.32. The van der Waals surface area contributed by atoms with Gasteiger partial charge in [-0.05, 0) is 72.2 Å². The summed E-state index contributed by atoms with van der Waals surface area (Å²) >= 11 is 0. The fourth-order valence-corrected chi connectivity index (χ4v) is 5.34. The number of aromatic nitrogens is 5. The Balaban J connectivity index is 1.49. The molecular weight excluding hydrogens is 452 g/mol. The smallest absolute Gasteiger partial charge is 0.252 e. The lowest BCUT2D eigenvalue weighted by molar-refractivity contribution is 0.0489. The first-order valence-corrected chi connectivity index (χ1v) is 12.8. The number of hydrogen-bond donors (Lipinski definition) is 1. The predicted molar refractivity (Wildman–Crippen MR) is 140 cm³/mol. The number of H-pyrrole nitrogens is 1. The van der Waals surface area contributed by atoms with E-state index in [0.717, 1.165) is 65.8 Å². The average molecular weight is 487 g/mol. The van der Waals surface area contributed by atoms with Crippen LogP contribution in [0.15, 0.2) is 53.3 Å². The maximum atomic E-state index is 13.2. The number of nitrogens with one attached hydrogen (secondary N) is 1. The summed E-state index contributed by atoms with van der Waals surface area (Å²) in [6.45, 7) is 8.87. The molecule has 1 aliphatic rings. The molecule has 0 unspecified atom stereocenters. The predicted octanol–water partition coefficient (Wildman–Crippen LogP) is 4.31.